The van der Waals surface area contributed by atoms with E-state index in [1.165, 1.54) is 17.9 Å². The molecule has 2 aromatic rings. The fourth-order valence-corrected chi connectivity index (χ4v) is 3.30. The van der Waals surface area contributed by atoms with E-state index in [1.807, 2.05) is 0 Å². The van der Waals surface area contributed by atoms with Gasteiger partial charge in [-0.1, -0.05) is 0 Å². The molecule has 0 bridgehead atoms. The van der Waals surface area contributed by atoms with Crippen LogP contribution in [0.5, 0.6) is 0 Å². The number of amides is 2. The summed E-state index contributed by atoms with van der Waals surface area (Å²) in [6, 6.07) is 4.52. The lowest BCUT2D eigenvalue weighted by Gasteiger charge is -2.15. The third kappa shape index (κ3) is 3.44. The van der Waals surface area contributed by atoms with Crippen LogP contribution in [-0.4, -0.2) is 46.0 Å². The highest BCUT2D eigenvalue weighted by Gasteiger charge is 2.32. The maximum absolute atomic E-state index is 14.8. The number of cyclic esters (lactones) is 1. The molecule has 2 aliphatic rings. The Labute approximate surface area is 160 Å². The Morgan fingerprint density at radius 3 is 2.96 bits per heavy atom. The number of nitrogens with one attached hydrogen (secondary N) is 1. The molecule has 2 amide bonds. The molecule has 3 heterocycles. The summed E-state index contributed by atoms with van der Waals surface area (Å²) in [5.74, 6) is -0.703. The summed E-state index contributed by atoms with van der Waals surface area (Å²) in [6.45, 7) is 2.15. The van der Waals surface area contributed by atoms with Gasteiger partial charge in [-0.05, 0) is 35.4 Å². The number of hydroxylamine groups is 2. The summed E-state index contributed by atoms with van der Waals surface area (Å²) in [5, 5.41) is 13.2. The van der Waals surface area contributed by atoms with Crippen molar-refractivity contribution in [3.63, 3.8) is 0 Å². The highest BCUT2D eigenvalue weighted by atomic mass is 19.1. The fraction of sp³-hybridized carbons (Fsp3) is 0.263. The number of nitrogens with zero attached hydrogens (tertiary/aromatic N) is 3. The molecule has 28 heavy (non-hydrogen) atoms. The third-order valence-corrected chi connectivity index (χ3v) is 4.68. The van der Waals surface area contributed by atoms with Crippen molar-refractivity contribution in [2.75, 3.05) is 18.0 Å². The zero-order valence-corrected chi connectivity index (χ0v) is 15.1. The van der Waals surface area contributed by atoms with Crippen molar-refractivity contribution < 1.29 is 23.9 Å². The summed E-state index contributed by atoms with van der Waals surface area (Å²) < 4.78 is 21.6. The van der Waals surface area contributed by atoms with Gasteiger partial charge in [0.1, 0.15) is 11.9 Å². The molecule has 8 nitrogen and oxygen atoms in total. The average Bonchev–Trinajstić information content (AvgIpc) is 3.22. The van der Waals surface area contributed by atoms with Crippen molar-refractivity contribution in [1.29, 1.82) is 0 Å². The molecule has 4 rings (SSSR count). The highest BCUT2D eigenvalue weighted by Crippen LogP contribution is 2.28. The molecule has 2 aliphatic heterocycles. The predicted molar refractivity (Wildman–Crippen MR) is 98.4 cm³/mol. The largest absolute Gasteiger partial charge is 0.442 e. The lowest BCUT2D eigenvalue weighted by Crippen LogP contribution is -2.33. The van der Waals surface area contributed by atoms with Crippen molar-refractivity contribution in [2.45, 2.75) is 19.6 Å². The first-order chi connectivity index (χ1) is 13.4. The quantitative estimate of drug-likeness (QED) is 0.842. The van der Waals surface area contributed by atoms with Crippen molar-refractivity contribution >= 4 is 23.8 Å². The Balaban J connectivity index is 1.53. The number of hydrogen-bond acceptors (Lipinski definition) is 5. The Bertz CT molecular complexity index is 971. The number of aromatic nitrogens is 1. The SMILES string of the molecule is CC(=O)NC[C@H]1CN(c2ccc(-n3cc4c(c3)CN(O)C=C4)c(F)c2)C(=O)O1. The van der Waals surface area contributed by atoms with Gasteiger partial charge in [-0.25, -0.2) is 9.18 Å². The summed E-state index contributed by atoms with van der Waals surface area (Å²) in [6.07, 6.45) is 5.77. The number of hydrogen-bond donors (Lipinski definition) is 2. The molecule has 1 atom stereocenters. The molecule has 1 saturated heterocycles. The van der Waals surface area contributed by atoms with E-state index < -0.39 is 18.0 Å². The average molecular weight is 386 g/mol. The number of anilines is 1. The van der Waals surface area contributed by atoms with Crippen molar-refractivity contribution in [3.8, 4) is 5.69 Å². The molecule has 9 heteroatoms. The molecule has 0 saturated carbocycles. The van der Waals surface area contributed by atoms with Gasteiger partial charge >= 0.3 is 6.09 Å². The first-order valence-electron chi connectivity index (χ1n) is 8.78. The smallest absolute Gasteiger partial charge is 0.414 e. The number of halogens is 1. The number of benzene rings is 1. The van der Waals surface area contributed by atoms with E-state index in [2.05, 4.69) is 5.32 Å². The summed E-state index contributed by atoms with van der Waals surface area (Å²) in [5.41, 5.74) is 2.49. The third-order valence-electron chi connectivity index (χ3n) is 4.68. The zero-order valence-electron chi connectivity index (χ0n) is 15.1. The van der Waals surface area contributed by atoms with Crippen LogP contribution in [0.4, 0.5) is 14.9 Å². The minimum atomic E-state index is -0.577. The van der Waals surface area contributed by atoms with Gasteiger partial charge in [-0.15, -0.1) is 0 Å². The van der Waals surface area contributed by atoms with Gasteiger partial charge in [0.15, 0.2) is 0 Å². The zero-order chi connectivity index (χ0) is 19.8. The molecule has 1 fully saturated rings. The Morgan fingerprint density at radius 2 is 2.21 bits per heavy atom. The van der Waals surface area contributed by atoms with Crippen molar-refractivity contribution in [1.82, 2.24) is 14.9 Å². The van der Waals surface area contributed by atoms with Crippen LogP contribution >= 0.6 is 0 Å². The normalized spacial score (nSPS) is 18.2. The number of carbonyl (C=O) groups is 2. The molecule has 1 aromatic heterocycles. The minimum Gasteiger partial charge on any atom is -0.442 e. The lowest BCUT2D eigenvalue weighted by atomic mass is 10.1. The Kier molecular flexibility index (Phi) is 4.52. The van der Waals surface area contributed by atoms with Crippen LogP contribution in [-0.2, 0) is 16.1 Å². The number of rotatable bonds is 4. The van der Waals surface area contributed by atoms with Crippen molar-refractivity contribution in [2.24, 2.45) is 0 Å². The second kappa shape index (κ2) is 7.01. The van der Waals surface area contributed by atoms with Crippen LogP contribution in [0.2, 0.25) is 0 Å². The molecule has 146 valence electrons. The molecule has 0 aliphatic carbocycles. The predicted octanol–water partition coefficient (Wildman–Crippen LogP) is 2.25. The second-order valence-electron chi connectivity index (χ2n) is 6.75. The summed E-state index contributed by atoms with van der Waals surface area (Å²) in [7, 11) is 0. The van der Waals surface area contributed by atoms with Gasteiger partial charge in [0.2, 0.25) is 5.91 Å². The molecule has 0 radical (unpaired) electrons. The van der Waals surface area contributed by atoms with Gasteiger partial charge in [-0.2, -0.15) is 0 Å². The summed E-state index contributed by atoms with van der Waals surface area (Å²) >= 11 is 0. The standard InChI is InChI=1S/C19H19FN4O4/c1-12(25)21-7-16-11-24(19(26)28-16)15-2-3-18(17(20)6-15)22-8-13-4-5-23(27)10-14(13)9-22/h2-6,8-9,16,27H,7,10-11H2,1H3,(H,21,25)/t16-/m0/s1. The second-order valence-corrected chi connectivity index (χ2v) is 6.75. The molecule has 0 spiro atoms. The van der Waals surface area contributed by atoms with E-state index in [9.17, 15) is 19.2 Å². The van der Waals surface area contributed by atoms with Gasteiger partial charge in [0.25, 0.3) is 0 Å². The number of carbonyl (C=O) groups excluding carboxylic acids is 2. The molecular formula is C19H19FN4O4. The first-order valence-corrected chi connectivity index (χ1v) is 8.78. The van der Waals surface area contributed by atoms with E-state index in [4.69, 9.17) is 4.74 Å². The van der Waals surface area contributed by atoms with Gasteiger partial charge in [0.05, 0.1) is 31.0 Å². The summed E-state index contributed by atoms with van der Waals surface area (Å²) in [4.78, 5) is 24.4. The van der Waals surface area contributed by atoms with E-state index in [1.54, 1.807) is 41.4 Å². The minimum absolute atomic E-state index is 0.210. The van der Waals surface area contributed by atoms with E-state index in [-0.39, 0.29) is 19.0 Å². The lowest BCUT2D eigenvalue weighted by molar-refractivity contribution is -0.119. The van der Waals surface area contributed by atoms with Crippen LogP contribution in [0.15, 0.2) is 36.8 Å². The maximum atomic E-state index is 14.8. The molecule has 0 unspecified atom stereocenters. The van der Waals surface area contributed by atoms with Gasteiger partial charge < -0.3 is 14.6 Å². The topological polar surface area (TPSA) is 87.0 Å². The van der Waals surface area contributed by atoms with Gasteiger partial charge in [0, 0.05) is 25.5 Å². The Morgan fingerprint density at radius 1 is 1.39 bits per heavy atom. The van der Waals surface area contributed by atoms with Crippen LogP contribution in [0, 0.1) is 5.82 Å². The van der Waals surface area contributed by atoms with E-state index >= 15 is 0 Å². The van der Waals surface area contributed by atoms with Crippen LogP contribution in [0.25, 0.3) is 11.8 Å². The van der Waals surface area contributed by atoms with Gasteiger partial charge in [-0.3, -0.25) is 20.0 Å². The van der Waals surface area contributed by atoms with Crippen LogP contribution < -0.4 is 10.2 Å². The monoisotopic (exact) mass is 386 g/mol. The number of ether oxygens (including phenoxy) is 1. The molecule has 2 N–H and O–H groups in total. The van der Waals surface area contributed by atoms with Crippen LogP contribution in [0.3, 0.4) is 0 Å². The van der Waals surface area contributed by atoms with E-state index in [0.717, 1.165) is 16.2 Å². The van der Waals surface area contributed by atoms with Crippen LogP contribution in [0.1, 0.15) is 18.1 Å². The molecular weight excluding hydrogens is 367 g/mol. The van der Waals surface area contributed by atoms with E-state index in [0.29, 0.717) is 17.9 Å². The number of fused-ring (bicyclic) bond motifs is 1. The first kappa shape index (κ1) is 18.1. The van der Waals surface area contributed by atoms with Crippen molar-refractivity contribution in [3.05, 3.63) is 53.7 Å². The Hall–Kier alpha value is -3.33. The highest BCUT2D eigenvalue weighted by molar-refractivity contribution is 5.90. The molecule has 1 aromatic carbocycles. The maximum Gasteiger partial charge on any atom is 0.414 e. The fourth-order valence-electron chi connectivity index (χ4n) is 3.30.